The zero-order valence-electron chi connectivity index (χ0n) is 11.6. The summed E-state index contributed by atoms with van der Waals surface area (Å²) in [5, 5.41) is 3.39. The van der Waals surface area contributed by atoms with Gasteiger partial charge in [0, 0.05) is 18.7 Å². The smallest absolute Gasteiger partial charge is 0.253 e. The van der Waals surface area contributed by atoms with Crippen LogP contribution in [0, 0.1) is 23.5 Å². The van der Waals surface area contributed by atoms with Crippen molar-refractivity contribution in [3.05, 3.63) is 35.4 Å². The predicted octanol–water partition coefficient (Wildman–Crippen LogP) is 2.46. The summed E-state index contributed by atoms with van der Waals surface area (Å²) in [7, 11) is 0. The Hall–Kier alpha value is -1.20. The van der Waals surface area contributed by atoms with E-state index >= 15 is 0 Å². The summed E-state index contributed by atoms with van der Waals surface area (Å²) in [6.07, 6.45) is 1.96. The topological polar surface area (TPSA) is 32.3 Å². The third-order valence-corrected chi connectivity index (χ3v) is 4.47. The summed E-state index contributed by atoms with van der Waals surface area (Å²) in [4.78, 5) is 14.1. The number of nitrogens with zero attached hydrogens (tertiary/aromatic N) is 1. The van der Waals surface area contributed by atoms with Crippen molar-refractivity contribution >= 4 is 18.3 Å². The number of nitrogens with one attached hydrogen (secondary N) is 1. The zero-order valence-corrected chi connectivity index (χ0v) is 12.5. The number of halogens is 3. The Kier molecular flexibility index (Phi) is 5.17. The molecule has 2 aliphatic rings. The molecule has 0 aliphatic carbocycles. The van der Waals surface area contributed by atoms with Gasteiger partial charge in [-0.1, -0.05) is 0 Å². The molecule has 0 unspecified atom stereocenters. The standard InChI is InChI=1S/C15H18F2N2O.ClH/c16-13-2-1-10(7-14(13)17)15(20)19-5-3-11-8-18-9-12(11)4-6-19;/h1-2,7,11-12,18H,3-6,8-9H2;1H/t11-,12+;. The Morgan fingerprint density at radius 2 is 1.71 bits per heavy atom. The van der Waals surface area contributed by atoms with Gasteiger partial charge in [-0.05, 0) is 56.0 Å². The normalized spacial score (nSPS) is 25.0. The Balaban J connectivity index is 0.00000161. The first-order chi connectivity index (χ1) is 9.65. The molecule has 1 N–H and O–H groups in total. The van der Waals surface area contributed by atoms with E-state index in [1.807, 2.05) is 0 Å². The monoisotopic (exact) mass is 316 g/mol. The van der Waals surface area contributed by atoms with Crippen molar-refractivity contribution in [1.82, 2.24) is 10.2 Å². The Morgan fingerprint density at radius 3 is 2.29 bits per heavy atom. The van der Waals surface area contributed by atoms with Gasteiger partial charge in [-0.2, -0.15) is 0 Å². The van der Waals surface area contributed by atoms with Crippen molar-refractivity contribution in [2.45, 2.75) is 12.8 Å². The number of fused-ring (bicyclic) bond motifs is 1. The molecule has 0 bridgehead atoms. The molecule has 6 heteroatoms. The highest BCUT2D eigenvalue weighted by atomic mass is 35.5. The Bertz CT molecular complexity index is 512. The SMILES string of the molecule is Cl.O=C(c1ccc(F)c(F)c1)N1CC[C@@H]2CNC[C@@H]2CC1. The third kappa shape index (κ3) is 3.35. The van der Waals surface area contributed by atoms with Gasteiger partial charge in [0.2, 0.25) is 0 Å². The highest BCUT2D eigenvalue weighted by Crippen LogP contribution is 2.27. The van der Waals surface area contributed by atoms with Crippen LogP contribution in [0.2, 0.25) is 0 Å². The molecule has 1 aromatic carbocycles. The average Bonchev–Trinajstić information content (AvgIpc) is 2.80. The average molecular weight is 317 g/mol. The van der Waals surface area contributed by atoms with Gasteiger partial charge in [-0.3, -0.25) is 4.79 Å². The van der Waals surface area contributed by atoms with Crippen LogP contribution in [0.4, 0.5) is 8.78 Å². The van der Waals surface area contributed by atoms with E-state index in [2.05, 4.69) is 5.32 Å². The number of hydrogen-bond donors (Lipinski definition) is 1. The molecule has 0 spiro atoms. The van der Waals surface area contributed by atoms with Crippen LogP contribution in [-0.2, 0) is 0 Å². The number of carbonyl (C=O) groups is 1. The van der Waals surface area contributed by atoms with Crippen LogP contribution in [0.3, 0.4) is 0 Å². The first-order valence-electron chi connectivity index (χ1n) is 7.10. The molecule has 1 aromatic rings. The highest BCUT2D eigenvalue weighted by molar-refractivity contribution is 5.94. The molecule has 3 rings (SSSR count). The van der Waals surface area contributed by atoms with Crippen LogP contribution in [0.25, 0.3) is 0 Å². The van der Waals surface area contributed by atoms with Gasteiger partial charge < -0.3 is 10.2 Å². The summed E-state index contributed by atoms with van der Waals surface area (Å²) in [6, 6.07) is 3.36. The van der Waals surface area contributed by atoms with Crippen LogP contribution in [0.5, 0.6) is 0 Å². The van der Waals surface area contributed by atoms with Gasteiger partial charge in [-0.25, -0.2) is 8.78 Å². The second-order valence-corrected chi connectivity index (χ2v) is 5.68. The molecule has 3 nitrogen and oxygen atoms in total. The van der Waals surface area contributed by atoms with E-state index < -0.39 is 11.6 Å². The van der Waals surface area contributed by atoms with Gasteiger partial charge in [0.05, 0.1) is 0 Å². The fraction of sp³-hybridized carbons (Fsp3) is 0.533. The maximum atomic E-state index is 13.2. The van der Waals surface area contributed by atoms with E-state index in [0.717, 1.165) is 38.1 Å². The van der Waals surface area contributed by atoms with Crippen molar-refractivity contribution in [3.63, 3.8) is 0 Å². The minimum absolute atomic E-state index is 0. The largest absolute Gasteiger partial charge is 0.339 e. The molecule has 2 aliphatic heterocycles. The predicted molar refractivity (Wildman–Crippen MR) is 78.6 cm³/mol. The van der Waals surface area contributed by atoms with Crippen LogP contribution in [0.15, 0.2) is 18.2 Å². The van der Waals surface area contributed by atoms with Crippen LogP contribution in [-0.4, -0.2) is 37.0 Å². The second kappa shape index (κ2) is 6.71. The minimum Gasteiger partial charge on any atom is -0.339 e. The first-order valence-corrected chi connectivity index (χ1v) is 7.10. The molecule has 2 fully saturated rings. The van der Waals surface area contributed by atoms with E-state index in [-0.39, 0.29) is 23.9 Å². The fourth-order valence-corrected chi connectivity index (χ4v) is 3.23. The van der Waals surface area contributed by atoms with E-state index in [1.54, 1.807) is 4.90 Å². The lowest BCUT2D eigenvalue weighted by Crippen LogP contribution is -2.32. The highest BCUT2D eigenvalue weighted by Gasteiger charge is 2.31. The lowest BCUT2D eigenvalue weighted by atomic mass is 9.92. The van der Waals surface area contributed by atoms with E-state index in [1.165, 1.54) is 6.07 Å². The van der Waals surface area contributed by atoms with E-state index in [4.69, 9.17) is 0 Å². The molecule has 116 valence electrons. The van der Waals surface area contributed by atoms with Crippen LogP contribution in [0.1, 0.15) is 23.2 Å². The van der Waals surface area contributed by atoms with E-state index in [9.17, 15) is 13.6 Å². The lowest BCUT2D eigenvalue weighted by molar-refractivity contribution is 0.0758. The zero-order chi connectivity index (χ0) is 14.1. The Labute approximate surface area is 129 Å². The number of hydrogen-bond acceptors (Lipinski definition) is 2. The molecule has 0 radical (unpaired) electrons. The summed E-state index contributed by atoms with van der Waals surface area (Å²) in [5.41, 5.74) is 0.231. The molecule has 0 saturated carbocycles. The van der Waals surface area contributed by atoms with Crippen molar-refractivity contribution in [3.8, 4) is 0 Å². The summed E-state index contributed by atoms with van der Waals surface area (Å²) in [5.74, 6) is -0.808. The molecule has 21 heavy (non-hydrogen) atoms. The van der Waals surface area contributed by atoms with Crippen LogP contribution >= 0.6 is 12.4 Å². The summed E-state index contributed by atoms with van der Waals surface area (Å²) >= 11 is 0. The number of benzene rings is 1. The van der Waals surface area contributed by atoms with Crippen molar-refractivity contribution in [2.24, 2.45) is 11.8 Å². The molecule has 0 aromatic heterocycles. The number of carbonyl (C=O) groups excluding carboxylic acids is 1. The summed E-state index contributed by atoms with van der Waals surface area (Å²) < 4.78 is 26.1. The summed E-state index contributed by atoms with van der Waals surface area (Å²) in [6.45, 7) is 3.44. The first kappa shape index (κ1) is 16.2. The number of rotatable bonds is 1. The molecule has 2 saturated heterocycles. The van der Waals surface area contributed by atoms with Gasteiger partial charge in [0.15, 0.2) is 11.6 Å². The second-order valence-electron chi connectivity index (χ2n) is 5.68. The van der Waals surface area contributed by atoms with Crippen molar-refractivity contribution in [1.29, 1.82) is 0 Å². The maximum Gasteiger partial charge on any atom is 0.253 e. The minimum atomic E-state index is -0.966. The van der Waals surface area contributed by atoms with Crippen molar-refractivity contribution < 1.29 is 13.6 Å². The molecular formula is C15H19ClF2N2O. The molecular weight excluding hydrogens is 298 g/mol. The van der Waals surface area contributed by atoms with Gasteiger partial charge in [-0.15, -0.1) is 12.4 Å². The quantitative estimate of drug-likeness (QED) is 0.863. The van der Waals surface area contributed by atoms with Gasteiger partial charge >= 0.3 is 0 Å². The third-order valence-electron chi connectivity index (χ3n) is 4.47. The van der Waals surface area contributed by atoms with E-state index in [0.29, 0.717) is 24.9 Å². The molecule has 1 amide bonds. The van der Waals surface area contributed by atoms with Crippen molar-refractivity contribution in [2.75, 3.05) is 26.2 Å². The van der Waals surface area contributed by atoms with Crippen LogP contribution < -0.4 is 5.32 Å². The Morgan fingerprint density at radius 1 is 1.10 bits per heavy atom. The van der Waals surface area contributed by atoms with Gasteiger partial charge in [0.1, 0.15) is 0 Å². The molecule has 2 atom stereocenters. The molecule has 2 heterocycles. The number of likely N-dealkylation sites (tertiary alicyclic amines) is 1. The maximum absolute atomic E-state index is 13.2. The fourth-order valence-electron chi connectivity index (χ4n) is 3.23. The number of amides is 1. The lowest BCUT2D eigenvalue weighted by Gasteiger charge is -2.21. The van der Waals surface area contributed by atoms with Gasteiger partial charge in [0.25, 0.3) is 5.91 Å².